The largest absolute Gasteiger partial charge is 0.490 e. The zero-order valence-corrected chi connectivity index (χ0v) is 10.9. The zero-order chi connectivity index (χ0) is 13.1. The monoisotopic (exact) mass is 249 g/mol. The predicted molar refractivity (Wildman–Crippen MR) is 74.8 cm³/mol. The highest BCUT2D eigenvalue weighted by Gasteiger charge is 1.95. The lowest BCUT2D eigenvalue weighted by Crippen LogP contribution is -2.14. The van der Waals surface area contributed by atoms with Crippen LogP contribution < -0.4 is 10.1 Å². The third-order valence-electron chi connectivity index (χ3n) is 2.63. The summed E-state index contributed by atoms with van der Waals surface area (Å²) < 4.78 is 5.42. The van der Waals surface area contributed by atoms with Gasteiger partial charge in [0.15, 0.2) is 0 Å². The van der Waals surface area contributed by atoms with Crippen LogP contribution in [-0.4, -0.2) is 24.9 Å². The van der Waals surface area contributed by atoms with Crippen molar-refractivity contribution in [3.8, 4) is 5.75 Å². The summed E-state index contributed by atoms with van der Waals surface area (Å²) in [5, 5.41) is 12.0. The Bertz CT molecular complexity index is 322. The van der Waals surface area contributed by atoms with Gasteiger partial charge in [0, 0.05) is 13.2 Å². The summed E-state index contributed by atoms with van der Waals surface area (Å²) in [5.74, 6) is 0.876. The van der Waals surface area contributed by atoms with Crippen LogP contribution in [0.2, 0.25) is 0 Å². The Balaban J connectivity index is 2.16. The molecular formula is C15H23NO2. The molecule has 0 aliphatic rings. The van der Waals surface area contributed by atoms with Gasteiger partial charge in [-0.25, -0.2) is 0 Å². The van der Waals surface area contributed by atoms with Crippen LogP contribution in [0.4, 0.5) is 0 Å². The molecule has 1 rings (SSSR count). The minimum atomic E-state index is 0.298. The summed E-state index contributed by atoms with van der Waals surface area (Å²) in [6.07, 6.45) is 4.83. The summed E-state index contributed by atoms with van der Waals surface area (Å²) in [5.41, 5.74) is 1.25. The van der Waals surface area contributed by atoms with E-state index in [4.69, 9.17) is 9.84 Å². The van der Waals surface area contributed by atoms with E-state index in [0.717, 1.165) is 38.1 Å². The Hall–Kier alpha value is -1.32. The van der Waals surface area contributed by atoms with Crippen molar-refractivity contribution in [2.75, 3.05) is 19.8 Å². The molecule has 0 radical (unpaired) electrons. The number of benzene rings is 1. The van der Waals surface area contributed by atoms with Crippen molar-refractivity contribution in [2.24, 2.45) is 0 Å². The molecule has 0 aliphatic carbocycles. The van der Waals surface area contributed by atoms with Crippen LogP contribution in [0.1, 0.15) is 24.8 Å². The smallest absolute Gasteiger partial charge is 0.119 e. The average Bonchev–Trinajstić information content (AvgIpc) is 2.42. The second-order valence-corrected chi connectivity index (χ2v) is 4.20. The Kier molecular flexibility index (Phi) is 7.93. The van der Waals surface area contributed by atoms with Crippen molar-refractivity contribution in [3.63, 3.8) is 0 Å². The highest BCUT2D eigenvalue weighted by Crippen LogP contribution is 2.11. The number of unbranched alkanes of at least 4 members (excludes halogenated alkanes) is 2. The van der Waals surface area contributed by atoms with Gasteiger partial charge in [-0.2, -0.15) is 0 Å². The standard InChI is InChI=1S/C15H23NO2/c1-2-12-18-15-8-6-14(7-9-15)13-16-10-4-3-5-11-17/h2,6-9,16-17H,1,3-5,10-13H2. The van der Waals surface area contributed by atoms with Crippen molar-refractivity contribution < 1.29 is 9.84 Å². The fourth-order valence-corrected chi connectivity index (χ4v) is 1.63. The molecule has 0 atom stereocenters. The molecule has 100 valence electrons. The highest BCUT2D eigenvalue weighted by molar-refractivity contribution is 5.27. The molecule has 0 aliphatic heterocycles. The van der Waals surface area contributed by atoms with Gasteiger partial charge in [-0.15, -0.1) is 0 Å². The molecule has 1 aromatic carbocycles. The van der Waals surface area contributed by atoms with E-state index in [1.54, 1.807) is 6.08 Å². The fraction of sp³-hybridized carbons (Fsp3) is 0.467. The first kappa shape index (κ1) is 14.7. The number of aliphatic hydroxyl groups is 1. The van der Waals surface area contributed by atoms with Crippen LogP contribution in [0.5, 0.6) is 5.75 Å². The van der Waals surface area contributed by atoms with E-state index in [1.807, 2.05) is 12.1 Å². The summed E-state index contributed by atoms with van der Waals surface area (Å²) in [6.45, 7) is 6.33. The average molecular weight is 249 g/mol. The molecule has 0 fully saturated rings. The molecule has 0 aromatic heterocycles. The van der Waals surface area contributed by atoms with Gasteiger partial charge >= 0.3 is 0 Å². The Morgan fingerprint density at radius 2 is 1.94 bits per heavy atom. The Labute approximate surface area is 109 Å². The molecule has 0 unspecified atom stereocenters. The summed E-state index contributed by atoms with van der Waals surface area (Å²) >= 11 is 0. The lowest BCUT2D eigenvalue weighted by molar-refractivity contribution is 0.283. The predicted octanol–water partition coefficient (Wildman–Crippen LogP) is 2.50. The van der Waals surface area contributed by atoms with Gasteiger partial charge in [-0.05, 0) is 43.5 Å². The molecule has 3 heteroatoms. The zero-order valence-electron chi connectivity index (χ0n) is 10.9. The minimum absolute atomic E-state index is 0.298. The molecule has 0 bridgehead atoms. The van der Waals surface area contributed by atoms with Crippen LogP contribution in [0.25, 0.3) is 0 Å². The molecule has 1 aromatic rings. The van der Waals surface area contributed by atoms with Crippen LogP contribution in [0.3, 0.4) is 0 Å². The normalized spacial score (nSPS) is 10.3. The number of hydrogen-bond donors (Lipinski definition) is 2. The summed E-state index contributed by atoms with van der Waals surface area (Å²) in [7, 11) is 0. The maximum atomic E-state index is 8.65. The van der Waals surface area contributed by atoms with Gasteiger partial charge in [0.25, 0.3) is 0 Å². The molecule has 0 saturated heterocycles. The summed E-state index contributed by atoms with van der Waals surface area (Å²) in [4.78, 5) is 0. The van der Waals surface area contributed by atoms with Crippen molar-refractivity contribution >= 4 is 0 Å². The SMILES string of the molecule is C=CCOc1ccc(CNCCCCCO)cc1. The van der Waals surface area contributed by atoms with Gasteiger partial charge in [-0.1, -0.05) is 24.8 Å². The number of aliphatic hydroxyl groups excluding tert-OH is 1. The van der Waals surface area contributed by atoms with E-state index in [9.17, 15) is 0 Å². The number of hydrogen-bond acceptors (Lipinski definition) is 3. The van der Waals surface area contributed by atoms with Gasteiger partial charge in [0.2, 0.25) is 0 Å². The van der Waals surface area contributed by atoms with E-state index >= 15 is 0 Å². The van der Waals surface area contributed by atoms with Gasteiger partial charge in [-0.3, -0.25) is 0 Å². The first-order valence-corrected chi connectivity index (χ1v) is 6.51. The molecule has 2 N–H and O–H groups in total. The molecular weight excluding hydrogens is 226 g/mol. The molecule has 0 heterocycles. The maximum absolute atomic E-state index is 8.65. The van der Waals surface area contributed by atoms with Gasteiger partial charge in [0.1, 0.15) is 12.4 Å². The van der Waals surface area contributed by atoms with Crippen molar-refractivity contribution in [3.05, 3.63) is 42.5 Å². The molecule has 0 amide bonds. The number of ether oxygens (including phenoxy) is 1. The number of nitrogens with one attached hydrogen (secondary N) is 1. The minimum Gasteiger partial charge on any atom is -0.490 e. The second-order valence-electron chi connectivity index (χ2n) is 4.20. The van der Waals surface area contributed by atoms with Crippen LogP contribution >= 0.6 is 0 Å². The first-order valence-electron chi connectivity index (χ1n) is 6.51. The van der Waals surface area contributed by atoms with E-state index in [0.29, 0.717) is 13.2 Å². The third-order valence-corrected chi connectivity index (χ3v) is 2.63. The first-order chi connectivity index (χ1) is 8.86. The topological polar surface area (TPSA) is 41.5 Å². The van der Waals surface area contributed by atoms with E-state index in [1.165, 1.54) is 5.56 Å². The lowest BCUT2D eigenvalue weighted by atomic mass is 10.2. The van der Waals surface area contributed by atoms with E-state index < -0.39 is 0 Å². The van der Waals surface area contributed by atoms with E-state index in [-0.39, 0.29) is 0 Å². The maximum Gasteiger partial charge on any atom is 0.119 e. The molecule has 18 heavy (non-hydrogen) atoms. The summed E-state index contributed by atoms with van der Waals surface area (Å²) in [6, 6.07) is 8.09. The van der Waals surface area contributed by atoms with E-state index in [2.05, 4.69) is 24.0 Å². The highest BCUT2D eigenvalue weighted by atomic mass is 16.5. The van der Waals surface area contributed by atoms with Gasteiger partial charge < -0.3 is 15.2 Å². The Morgan fingerprint density at radius 1 is 1.17 bits per heavy atom. The fourth-order valence-electron chi connectivity index (χ4n) is 1.63. The molecule has 0 saturated carbocycles. The van der Waals surface area contributed by atoms with Crippen molar-refractivity contribution in [1.82, 2.24) is 5.32 Å². The van der Waals surface area contributed by atoms with Crippen LogP contribution in [0, 0.1) is 0 Å². The second kappa shape index (κ2) is 9.68. The van der Waals surface area contributed by atoms with Gasteiger partial charge in [0.05, 0.1) is 0 Å². The van der Waals surface area contributed by atoms with Crippen molar-refractivity contribution in [1.29, 1.82) is 0 Å². The van der Waals surface area contributed by atoms with Crippen LogP contribution in [-0.2, 0) is 6.54 Å². The molecule has 3 nitrogen and oxygen atoms in total. The number of rotatable bonds is 10. The van der Waals surface area contributed by atoms with Crippen molar-refractivity contribution in [2.45, 2.75) is 25.8 Å². The molecule has 0 spiro atoms. The third kappa shape index (κ3) is 6.42. The van der Waals surface area contributed by atoms with Crippen LogP contribution in [0.15, 0.2) is 36.9 Å². The Morgan fingerprint density at radius 3 is 2.61 bits per heavy atom. The lowest BCUT2D eigenvalue weighted by Gasteiger charge is -2.06. The quantitative estimate of drug-likeness (QED) is 0.494.